The lowest BCUT2D eigenvalue weighted by Gasteiger charge is -2.11. The zero-order valence-corrected chi connectivity index (χ0v) is 22.2. The average Bonchev–Trinajstić information content (AvgIpc) is 3.09. The summed E-state index contributed by atoms with van der Waals surface area (Å²) < 4.78 is 27.2. The van der Waals surface area contributed by atoms with Crippen molar-refractivity contribution in [2.75, 3.05) is 0 Å². The molecule has 156 valence electrons. The number of benzene rings is 3. The van der Waals surface area contributed by atoms with Crippen LogP contribution in [-0.2, 0) is 16.1 Å². The van der Waals surface area contributed by atoms with E-state index < -0.39 is 5.97 Å². The van der Waals surface area contributed by atoms with E-state index in [-0.39, 0.29) is 11.5 Å². The second-order valence-electron chi connectivity index (χ2n) is 6.57. The van der Waals surface area contributed by atoms with Gasteiger partial charge in [0, 0.05) is 9.13 Å². The van der Waals surface area contributed by atoms with Gasteiger partial charge in [-0.15, -0.1) is 0 Å². The molecule has 4 rings (SSSR count). The van der Waals surface area contributed by atoms with Crippen LogP contribution in [0.25, 0.3) is 6.08 Å². The van der Waals surface area contributed by atoms with Crippen molar-refractivity contribution in [2.45, 2.75) is 6.61 Å². The number of hydrogen-bond acceptors (Lipinski definition) is 4. The Bertz CT molecular complexity index is 1180. The van der Waals surface area contributed by atoms with Gasteiger partial charge in [0.15, 0.2) is 5.70 Å². The Morgan fingerprint density at radius 2 is 1.61 bits per heavy atom. The molecule has 3 aromatic rings. The first-order valence-corrected chi connectivity index (χ1v) is 12.3. The first kappa shape index (κ1) is 22.6. The molecule has 0 amide bonds. The molecule has 1 heterocycles. The summed E-state index contributed by atoms with van der Waals surface area (Å²) in [5, 5.41) is 0. The maximum Gasteiger partial charge on any atom is 0.363 e. The van der Waals surface area contributed by atoms with E-state index in [1.807, 2.05) is 36.4 Å². The van der Waals surface area contributed by atoms with Gasteiger partial charge in [-0.3, -0.25) is 0 Å². The van der Waals surface area contributed by atoms with Gasteiger partial charge in [0.25, 0.3) is 0 Å². The van der Waals surface area contributed by atoms with Crippen LogP contribution in [0, 0.1) is 16.5 Å². The zero-order valence-electron chi connectivity index (χ0n) is 15.7. The van der Waals surface area contributed by atoms with Crippen molar-refractivity contribution in [3.63, 3.8) is 0 Å². The lowest BCUT2D eigenvalue weighted by molar-refractivity contribution is -0.129. The van der Waals surface area contributed by atoms with E-state index in [4.69, 9.17) is 9.47 Å². The van der Waals surface area contributed by atoms with Gasteiger partial charge in [-0.25, -0.2) is 14.2 Å². The van der Waals surface area contributed by atoms with Crippen molar-refractivity contribution in [2.24, 2.45) is 4.99 Å². The Balaban J connectivity index is 1.54. The van der Waals surface area contributed by atoms with E-state index in [2.05, 4.69) is 72.8 Å². The number of carbonyl (C=O) groups is 1. The molecule has 0 fully saturated rings. The molecule has 0 saturated heterocycles. The Morgan fingerprint density at radius 3 is 2.26 bits per heavy atom. The second kappa shape index (κ2) is 9.94. The molecule has 0 N–H and O–H groups in total. The van der Waals surface area contributed by atoms with Crippen LogP contribution in [0.1, 0.15) is 16.7 Å². The lowest BCUT2D eigenvalue weighted by atomic mass is 10.2. The van der Waals surface area contributed by atoms with Gasteiger partial charge in [-0.1, -0.05) is 12.1 Å². The zero-order chi connectivity index (χ0) is 22.0. The molecule has 0 unspecified atom stereocenters. The maximum atomic E-state index is 13.1. The third kappa shape index (κ3) is 5.64. The van der Waals surface area contributed by atoms with Gasteiger partial charge in [-0.2, -0.15) is 0 Å². The van der Waals surface area contributed by atoms with Gasteiger partial charge < -0.3 is 9.47 Å². The van der Waals surface area contributed by atoms with Crippen LogP contribution in [0.2, 0.25) is 0 Å². The van der Waals surface area contributed by atoms with Crippen LogP contribution in [0.5, 0.6) is 5.75 Å². The van der Waals surface area contributed by atoms with E-state index in [0.717, 1.165) is 33.2 Å². The van der Waals surface area contributed by atoms with Crippen molar-refractivity contribution < 1.29 is 18.7 Å². The van der Waals surface area contributed by atoms with Crippen molar-refractivity contribution in [3.8, 4) is 5.75 Å². The van der Waals surface area contributed by atoms with Crippen LogP contribution in [0.4, 0.5) is 4.39 Å². The van der Waals surface area contributed by atoms with E-state index in [0.29, 0.717) is 12.5 Å². The van der Waals surface area contributed by atoms with Gasteiger partial charge in [0.05, 0.1) is 7.14 Å². The lowest BCUT2D eigenvalue weighted by Crippen LogP contribution is -2.05. The Labute approximate surface area is 219 Å². The largest absolute Gasteiger partial charge is 0.487 e. The van der Waals surface area contributed by atoms with Crippen molar-refractivity contribution in [3.05, 3.63) is 99.6 Å². The minimum Gasteiger partial charge on any atom is -0.487 e. The quantitative estimate of drug-likeness (QED) is 0.169. The molecule has 1 aliphatic heterocycles. The maximum absolute atomic E-state index is 13.1. The van der Waals surface area contributed by atoms with Gasteiger partial charge >= 0.3 is 5.97 Å². The molecule has 1 aliphatic rings. The van der Waals surface area contributed by atoms with E-state index in [1.54, 1.807) is 18.2 Å². The van der Waals surface area contributed by atoms with E-state index >= 15 is 0 Å². The molecule has 0 atom stereocenters. The number of hydrogen-bond donors (Lipinski definition) is 0. The summed E-state index contributed by atoms with van der Waals surface area (Å²) in [6, 6.07) is 17.7. The fourth-order valence-electron chi connectivity index (χ4n) is 2.82. The van der Waals surface area contributed by atoms with Gasteiger partial charge in [-0.05, 0) is 134 Å². The summed E-state index contributed by atoms with van der Waals surface area (Å²) in [4.78, 5) is 16.7. The van der Waals surface area contributed by atoms with Crippen LogP contribution < -0.4 is 4.74 Å². The number of cyclic esters (lactones) is 1. The molecule has 0 saturated carbocycles. The fraction of sp³-hybridized carbons (Fsp3) is 0.0435. The molecule has 8 heteroatoms. The molecule has 0 bridgehead atoms. The van der Waals surface area contributed by atoms with Crippen molar-refractivity contribution in [1.82, 2.24) is 0 Å². The number of halogens is 4. The number of carbonyl (C=O) groups excluding carboxylic acids is 1. The average molecular weight is 751 g/mol. The molecule has 0 radical (unpaired) electrons. The summed E-state index contributed by atoms with van der Waals surface area (Å²) in [6.07, 6.45) is 1.70. The molecule has 4 nitrogen and oxygen atoms in total. The van der Waals surface area contributed by atoms with Crippen LogP contribution in [-0.4, -0.2) is 11.9 Å². The summed E-state index contributed by atoms with van der Waals surface area (Å²) in [6.45, 7) is 0.336. The summed E-state index contributed by atoms with van der Waals surface area (Å²) >= 11 is 6.61. The molecule has 0 aromatic heterocycles. The Morgan fingerprint density at radius 1 is 0.968 bits per heavy atom. The van der Waals surface area contributed by atoms with Gasteiger partial charge in [0.1, 0.15) is 18.2 Å². The molecular weight excluding hydrogens is 738 g/mol. The number of ether oxygens (including phenoxy) is 2. The van der Waals surface area contributed by atoms with E-state index in [9.17, 15) is 9.18 Å². The van der Waals surface area contributed by atoms with Crippen molar-refractivity contribution >= 4 is 85.7 Å². The third-order valence-electron chi connectivity index (χ3n) is 4.33. The predicted molar refractivity (Wildman–Crippen MR) is 142 cm³/mol. The molecule has 31 heavy (non-hydrogen) atoms. The summed E-state index contributed by atoms with van der Waals surface area (Å²) in [5.74, 6) is 0.292. The molecule has 0 spiro atoms. The number of aliphatic imine (C=N–C) groups is 1. The molecular formula is C23H13FI3NO3. The summed E-state index contributed by atoms with van der Waals surface area (Å²) in [5.41, 5.74) is 2.71. The first-order chi connectivity index (χ1) is 14.9. The number of rotatable bonds is 5. The van der Waals surface area contributed by atoms with E-state index in [1.165, 1.54) is 12.1 Å². The monoisotopic (exact) mass is 751 g/mol. The highest BCUT2D eigenvalue weighted by Gasteiger charge is 2.24. The van der Waals surface area contributed by atoms with Gasteiger partial charge in [0.2, 0.25) is 5.90 Å². The smallest absolute Gasteiger partial charge is 0.363 e. The standard InChI is InChI=1S/C23H13FI3NO3/c24-16-5-1-13(2-6-16)12-30-21-18(26)9-14(10-19(21)27)11-20-23(29)31-22(28-20)15-3-7-17(25)8-4-15/h1-11H,12H2/b20-11-. The number of nitrogens with zero attached hydrogens (tertiary/aromatic N) is 1. The number of esters is 1. The van der Waals surface area contributed by atoms with Crippen LogP contribution in [0.3, 0.4) is 0 Å². The topological polar surface area (TPSA) is 47.9 Å². The van der Waals surface area contributed by atoms with Crippen LogP contribution >= 0.6 is 67.8 Å². The SMILES string of the molecule is O=C1OC(c2ccc(I)cc2)=N/C1=C\c1cc(I)c(OCc2ccc(F)cc2)c(I)c1. The minimum absolute atomic E-state index is 0.250. The minimum atomic E-state index is -0.477. The van der Waals surface area contributed by atoms with Crippen LogP contribution in [0.15, 0.2) is 71.4 Å². The Hall–Kier alpha value is -1.54. The molecule has 3 aromatic carbocycles. The summed E-state index contributed by atoms with van der Waals surface area (Å²) in [7, 11) is 0. The molecule has 0 aliphatic carbocycles. The third-order valence-corrected chi connectivity index (χ3v) is 6.65. The predicted octanol–water partition coefficient (Wildman–Crippen LogP) is 6.56. The Kier molecular flexibility index (Phi) is 7.26. The first-order valence-electron chi connectivity index (χ1n) is 9.04. The fourth-order valence-corrected chi connectivity index (χ4v) is 5.31. The highest BCUT2D eigenvalue weighted by Crippen LogP contribution is 2.31. The van der Waals surface area contributed by atoms with Crippen molar-refractivity contribution in [1.29, 1.82) is 0 Å². The highest BCUT2D eigenvalue weighted by atomic mass is 127. The second-order valence-corrected chi connectivity index (χ2v) is 10.1. The normalized spacial score (nSPS) is 14.5. The highest BCUT2D eigenvalue weighted by molar-refractivity contribution is 14.1.